The minimum atomic E-state index is 0.0969. The van der Waals surface area contributed by atoms with E-state index < -0.39 is 0 Å². The average Bonchev–Trinajstić information content (AvgIpc) is 2.72. The molecule has 0 radical (unpaired) electrons. The quantitative estimate of drug-likeness (QED) is 0.851. The molecule has 2 atom stereocenters. The lowest BCUT2D eigenvalue weighted by atomic mass is 10.0. The lowest BCUT2D eigenvalue weighted by molar-refractivity contribution is -0.120. The maximum absolute atomic E-state index is 11.8. The molecule has 0 bridgehead atoms. The Morgan fingerprint density at radius 2 is 2.28 bits per heavy atom. The summed E-state index contributed by atoms with van der Waals surface area (Å²) in [6.07, 6.45) is 3.90. The van der Waals surface area contributed by atoms with Crippen molar-refractivity contribution in [3.05, 3.63) is 35.4 Å². The maximum Gasteiger partial charge on any atom is 0.224 e. The van der Waals surface area contributed by atoms with Crippen molar-refractivity contribution in [3.63, 3.8) is 0 Å². The van der Waals surface area contributed by atoms with Crippen molar-refractivity contribution in [2.75, 3.05) is 6.54 Å². The first-order chi connectivity index (χ1) is 8.65. The molecule has 3 nitrogen and oxygen atoms in total. The van der Waals surface area contributed by atoms with E-state index >= 15 is 0 Å². The van der Waals surface area contributed by atoms with Crippen molar-refractivity contribution in [1.29, 1.82) is 0 Å². The summed E-state index contributed by atoms with van der Waals surface area (Å²) in [4.78, 5) is 11.8. The molecule has 1 aromatic carbocycles. The van der Waals surface area contributed by atoms with E-state index in [9.17, 15) is 4.79 Å². The summed E-state index contributed by atoms with van der Waals surface area (Å²) >= 11 is 0. The highest BCUT2D eigenvalue weighted by Crippen LogP contribution is 2.22. The lowest BCUT2D eigenvalue weighted by Crippen LogP contribution is -2.36. The minimum Gasteiger partial charge on any atom is -0.355 e. The molecule has 0 aliphatic heterocycles. The monoisotopic (exact) mass is 246 g/mol. The van der Waals surface area contributed by atoms with Crippen LogP contribution in [0.3, 0.4) is 0 Å². The second-order valence-corrected chi connectivity index (χ2v) is 5.32. The van der Waals surface area contributed by atoms with Gasteiger partial charge in [-0.2, -0.15) is 0 Å². The summed E-state index contributed by atoms with van der Waals surface area (Å²) < 4.78 is 0. The smallest absolute Gasteiger partial charge is 0.224 e. The number of rotatable bonds is 4. The number of carbonyl (C=O) groups is 1. The van der Waals surface area contributed by atoms with Gasteiger partial charge in [-0.15, -0.1) is 0 Å². The Hall–Kier alpha value is -1.35. The predicted octanol–water partition coefficient (Wildman–Crippen LogP) is 1.78. The van der Waals surface area contributed by atoms with Gasteiger partial charge in [-0.3, -0.25) is 4.79 Å². The van der Waals surface area contributed by atoms with Gasteiger partial charge < -0.3 is 11.1 Å². The highest BCUT2D eigenvalue weighted by Gasteiger charge is 2.23. The molecule has 0 aromatic heterocycles. The third kappa shape index (κ3) is 3.57. The second kappa shape index (κ2) is 6.01. The van der Waals surface area contributed by atoms with Gasteiger partial charge >= 0.3 is 0 Å². The van der Waals surface area contributed by atoms with Crippen LogP contribution in [0.5, 0.6) is 0 Å². The molecular formula is C15H22N2O. The van der Waals surface area contributed by atoms with Crippen LogP contribution in [0.25, 0.3) is 0 Å². The lowest BCUT2D eigenvalue weighted by Gasteiger charge is -2.15. The van der Waals surface area contributed by atoms with E-state index in [4.69, 9.17) is 5.73 Å². The van der Waals surface area contributed by atoms with E-state index in [1.807, 2.05) is 25.1 Å². The van der Waals surface area contributed by atoms with Gasteiger partial charge in [0.2, 0.25) is 5.91 Å². The number of benzene rings is 1. The van der Waals surface area contributed by atoms with Gasteiger partial charge in [-0.05, 0) is 31.2 Å². The van der Waals surface area contributed by atoms with Gasteiger partial charge in [0, 0.05) is 12.6 Å². The molecule has 0 heterocycles. The predicted molar refractivity (Wildman–Crippen MR) is 73.2 cm³/mol. The largest absolute Gasteiger partial charge is 0.355 e. The molecular weight excluding hydrogens is 224 g/mol. The second-order valence-electron chi connectivity index (χ2n) is 5.32. The number of nitrogens with two attached hydrogens (primary N) is 1. The molecule has 0 saturated heterocycles. The first-order valence-corrected chi connectivity index (χ1v) is 6.73. The van der Waals surface area contributed by atoms with Gasteiger partial charge in [0.15, 0.2) is 0 Å². The number of amides is 1. The summed E-state index contributed by atoms with van der Waals surface area (Å²) in [5, 5.41) is 3.00. The van der Waals surface area contributed by atoms with Crippen molar-refractivity contribution in [2.24, 2.45) is 11.7 Å². The van der Waals surface area contributed by atoms with Gasteiger partial charge in [0.1, 0.15) is 0 Å². The Balaban J connectivity index is 1.78. The van der Waals surface area contributed by atoms with Crippen LogP contribution in [0.1, 0.15) is 30.4 Å². The highest BCUT2D eigenvalue weighted by atomic mass is 16.1. The van der Waals surface area contributed by atoms with Crippen LogP contribution in [0.4, 0.5) is 0 Å². The van der Waals surface area contributed by atoms with Crippen molar-refractivity contribution in [1.82, 2.24) is 5.32 Å². The molecule has 18 heavy (non-hydrogen) atoms. The van der Waals surface area contributed by atoms with Crippen LogP contribution >= 0.6 is 0 Å². The van der Waals surface area contributed by atoms with E-state index in [0.717, 1.165) is 24.9 Å². The summed E-state index contributed by atoms with van der Waals surface area (Å²) in [5.74, 6) is 0.561. The SMILES string of the molecule is Cc1cccc(CC(=O)NCC2CCCC2N)c1. The Kier molecular flexibility index (Phi) is 4.37. The average molecular weight is 246 g/mol. The molecule has 3 N–H and O–H groups in total. The third-order valence-corrected chi connectivity index (χ3v) is 3.73. The molecule has 2 rings (SSSR count). The van der Waals surface area contributed by atoms with Crippen LogP contribution in [0, 0.1) is 12.8 Å². The molecule has 2 unspecified atom stereocenters. The van der Waals surface area contributed by atoms with E-state index in [1.54, 1.807) is 0 Å². The number of nitrogens with one attached hydrogen (secondary N) is 1. The van der Waals surface area contributed by atoms with Gasteiger partial charge in [0.25, 0.3) is 0 Å². The zero-order valence-corrected chi connectivity index (χ0v) is 11.0. The Bertz CT molecular complexity index is 417. The summed E-state index contributed by atoms with van der Waals surface area (Å²) in [6.45, 7) is 2.77. The van der Waals surface area contributed by atoms with Crippen LogP contribution in [0.15, 0.2) is 24.3 Å². The van der Waals surface area contributed by atoms with Gasteiger partial charge in [0.05, 0.1) is 6.42 Å². The van der Waals surface area contributed by atoms with Crippen molar-refractivity contribution in [2.45, 2.75) is 38.6 Å². The van der Waals surface area contributed by atoms with E-state index in [1.165, 1.54) is 12.0 Å². The zero-order chi connectivity index (χ0) is 13.0. The van der Waals surface area contributed by atoms with Crippen molar-refractivity contribution < 1.29 is 4.79 Å². The third-order valence-electron chi connectivity index (χ3n) is 3.73. The summed E-state index contributed by atoms with van der Waals surface area (Å²) in [6, 6.07) is 8.35. The molecule has 1 saturated carbocycles. The van der Waals surface area contributed by atoms with Crippen molar-refractivity contribution >= 4 is 5.91 Å². The molecule has 0 spiro atoms. The topological polar surface area (TPSA) is 55.1 Å². The molecule has 98 valence electrons. The zero-order valence-electron chi connectivity index (χ0n) is 11.0. The molecule has 1 fully saturated rings. The normalized spacial score (nSPS) is 23.0. The Morgan fingerprint density at radius 1 is 1.44 bits per heavy atom. The minimum absolute atomic E-state index is 0.0969. The van der Waals surface area contributed by atoms with Gasteiger partial charge in [-0.25, -0.2) is 0 Å². The highest BCUT2D eigenvalue weighted by molar-refractivity contribution is 5.78. The van der Waals surface area contributed by atoms with E-state index in [0.29, 0.717) is 12.3 Å². The fourth-order valence-electron chi connectivity index (χ4n) is 2.63. The number of hydrogen-bond donors (Lipinski definition) is 2. The molecule has 1 aliphatic rings. The first-order valence-electron chi connectivity index (χ1n) is 6.73. The maximum atomic E-state index is 11.8. The van der Waals surface area contributed by atoms with E-state index in [-0.39, 0.29) is 11.9 Å². The molecule has 1 amide bonds. The number of aryl methyl sites for hydroxylation is 1. The Morgan fingerprint density at radius 3 is 2.94 bits per heavy atom. The van der Waals surface area contributed by atoms with Crippen LogP contribution in [0.2, 0.25) is 0 Å². The Labute approximate surface area is 109 Å². The molecule has 1 aliphatic carbocycles. The van der Waals surface area contributed by atoms with Crippen LogP contribution < -0.4 is 11.1 Å². The van der Waals surface area contributed by atoms with E-state index in [2.05, 4.69) is 11.4 Å². The number of hydrogen-bond acceptors (Lipinski definition) is 2. The molecule has 3 heteroatoms. The summed E-state index contributed by atoms with van der Waals surface area (Å²) in [7, 11) is 0. The molecule has 1 aromatic rings. The van der Waals surface area contributed by atoms with Crippen LogP contribution in [-0.4, -0.2) is 18.5 Å². The summed E-state index contributed by atoms with van der Waals surface area (Å²) in [5.41, 5.74) is 8.25. The van der Waals surface area contributed by atoms with Crippen molar-refractivity contribution in [3.8, 4) is 0 Å². The number of carbonyl (C=O) groups excluding carboxylic acids is 1. The standard InChI is InChI=1S/C15H22N2O/c1-11-4-2-5-12(8-11)9-15(18)17-10-13-6-3-7-14(13)16/h2,4-5,8,13-14H,3,6-7,9-10,16H2,1H3,(H,17,18). The van der Waals surface area contributed by atoms with Gasteiger partial charge in [-0.1, -0.05) is 36.2 Å². The fourth-order valence-corrected chi connectivity index (χ4v) is 2.63. The fraction of sp³-hybridized carbons (Fsp3) is 0.533. The first kappa shape index (κ1) is 13.1. The van der Waals surface area contributed by atoms with Crippen LogP contribution in [-0.2, 0) is 11.2 Å².